The van der Waals surface area contributed by atoms with E-state index in [0.29, 0.717) is 12.2 Å². The molecule has 2 aromatic rings. The molecule has 1 heterocycles. The lowest BCUT2D eigenvalue weighted by Crippen LogP contribution is -2.20. The van der Waals surface area contributed by atoms with E-state index in [1.54, 1.807) is 24.3 Å². The van der Waals surface area contributed by atoms with Gasteiger partial charge in [0.2, 0.25) is 0 Å². The number of hydrogen-bond donors (Lipinski definition) is 2. The average Bonchev–Trinajstić information content (AvgIpc) is 2.85. The van der Waals surface area contributed by atoms with Gasteiger partial charge in [-0.1, -0.05) is 12.1 Å². The van der Waals surface area contributed by atoms with E-state index in [1.165, 1.54) is 13.8 Å². The second kappa shape index (κ2) is 5.73. The molecule has 7 heteroatoms. The molecule has 2 rings (SSSR count). The molecule has 0 radical (unpaired) electrons. The van der Waals surface area contributed by atoms with Crippen molar-refractivity contribution in [2.75, 3.05) is 7.05 Å². The molecule has 0 atom stereocenters. The first-order valence-corrected chi connectivity index (χ1v) is 6.77. The van der Waals surface area contributed by atoms with Crippen LogP contribution in [0.5, 0.6) is 0 Å². The number of rotatable bonds is 4. The molecule has 0 fully saturated rings. The van der Waals surface area contributed by atoms with Crippen LogP contribution in [0.25, 0.3) is 5.69 Å². The fraction of sp³-hybridized carbons (Fsp3) is 0.400. The molecule has 0 bridgehead atoms. The zero-order valence-corrected chi connectivity index (χ0v) is 12.6. The van der Waals surface area contributed by atoms with Crippen LogP contribution in [-0.2, 0) is 18.3 Å². The molecule has 0 saturated carbocycles. The summed E-state index contributed by atoms with van der Waals surface area (Å²) in [6.45, 7) is 3.51. The number of benzene rings is 1. The summed E-state index contributed by atoms with van der Waals surface area (Å²) in [7, 11) is 1.81. The predicted octanol–water partition coefficient (Wildman–Crippen LogP) is 2.84. The van der Waals surface area contributed by atoms with E-state index >= 15 is 0 Å². The predicted molar refractivity (Wildman–Crippen MR) is 76.6 cm³/mol. The standard InChI is InChI=1S/C15H18F3N3O/c1-14(2,22)13-8-12(15(16,17)18)20-21(13)11-6-4-10(5-7-11)9-19-3/h4-8,19,22H,9H2,1-3H3. The molecule has 0 aliphatic heterocycles. The van der Waals surface area contributed by atoms with Crippen molar-refractivity contribution in [1.29, 1.82) is 0 Å². The van der Waals surface area contributed by atoms with E-state index < -0.39 is 17.5 Å². The summed E-state index contributed by atoms with van der Waals surface area (Å²) in [6.07, 6.45) is -4.56. The highest BCUT2D eigenvalue weighted by Crippen LogP contribution is 2.32. The maximum atomic E-state index is 12.9. The Morgan fingerprint density at radius 3 is 2.23 bits per heavy atom. The second-order valence-corrected chi connectivity index (χ2v) is 5.58. The summed E-state index contributed by atoms with van der Waals surface area (Å²) in [5.74, 6) is 0. The van der Waals surface area contributed by atoms with Gasteiger partial charge in [-0.15, -0.1) is 0 Å². The number of aliphatic hydroxyl groups is 1. The Balaban J connectivity index is 2.51. The second-order valence-electron chi connectivity index (χ2n) is 5.58. The van der Waals surface area contributed by atoms with Gasteiger partial charge in [0.1, 0.15) is 5.60 Å². The highest BCUT2D eigenvalue weighted by molar-refractivity contribution is 5.37. The van der Waals surface area contributed by atoms with Gasteiger partial charge in [0.05, 0.1) is 11.4 Å². The van der Waals surface area contributed by atoms with Gasteiger partial charge < -0.3 is 10.4 Å². The van der Waals surface area contributed by atoms with Gasteiger partial charge in [-0.2, -0.15) is 18.3 Å². The summed E-state index contributed by atoms with van der Waals surface area (Å²) >= 11 is 0. The fourth-order valence-electron chi connectivity index (χ4n) is 2.11. The molecule has 1 aromatic carbocycles. The largest absolute Gasteiger partial charge is 0.435 e. The summed E-state index contributed by atoms with van der Waals surface area (Å²) in [4.78, 5) is 0. The minimum Gasteiger partial charge on any atom is -0.384 e. The lowest BCUT2D eigenvalue weighted by atomic mass is 10.0. The normalized spacial score (nSPS) is 12.7. The van der Waals surface area contributed by atoms with Crippen LogP contribution in [0.1, 0.15) is 30.8 Å². The van der Waals surface area contributed by atoms with Crippen molar-refractivity contribution in [3.05, 3.63) is 47.3 Å². The van der Waals surface area contributed by atoms with E-state index in [-0.39, 0.29) is 5.69 Å². The van der Waals surface area contributed by atoms with E-state index in [9.17, 15) is 18.3 Å². The number of nitrogens with zero attached hydrogens (tertiary/aromatic N) is 2. The van der Waals surface area contributed by atoms with Gasteiger partial charge in [0, 0.05) is 6.54 Å². The fourth-order valence-corrected chi connectivity index (χ4v) is 2.11. The van der Waals surface area contributed by atoms with Crippen molar-refractivity contribution >= 4 is 0 Å². The molecule has 2 N–H and O–H groups in total. The van der Waals surface area contributed by atoms with Gasteiger partial charge >= 0.3 is 6.18 Å². The number of alkyl halides is 3. The number of nitrogens with one attached hydrogen (secondary N) is 1. The molecule has 1 aromatic heterocycles. The summed E-state index contributed by atoms with van der Waals surface area (Å²) in [6, 6.07) is 7.83. The molecular formula is C15H18F3N3O. The third-order valence-electron chi connectivity index (χ3n) is 3.19. The Kier molecular flexibility index (Phi) is 4.30. The molecule has 4 nitrogen and oxygen atoms in total. The van der Waals surface area contributed by atoms with E-state index in [4.69, 9.17) is 0 Å². The Morgan fingerprint density at radius 1 is 1.18 bits per heavy atom. The van der Waals surface area contributed by atoms with Crippen LogP contribution in [0, 0.1) is 0 Å². The average molecular weight is 313 g/mol. The molecule has 0 unspecified atom stereocenters. The van der Waals surface area contributed by atoms with E-state index in [1.807, 2.05) is 7.05 Å². The highest BCUT2D eigenvalue weighted by Gasteiger charge is 2.37. The van der Waals surface area contributed by atoms with Crippen molar-refractivity contribution in [2.24, 2.45) is 0 Å². The minimum absolute atomic E-state index is 0.0844. The maximum Gasteiger partial charge on any atom is 0.435 e. The van der Waals surface area contributed by atoms with Gasteiger partial charge in [0.25, 0.3) is 0 Å². The van der Waals surface area contributed by atoms with Crippen LogP contribution in [-0.4, -0.2) is 21.9 Å². The van der Waals surface area contributed by atoms with Crippen molar-refractivity contribution in [3.63, 3.8) is 0 Å². The molecule has 0 aliphatic rings. The monoisotopic (exact) mass is 313 g/mol. The van der Waals surface area contributed by atoms with Gasteiger partial charge in [0.15, 0.2) is 5.69 Å². The SMILES string of the molecule is CNCc1ccc(-n2nc(C(F)(F)F)cc2C(C)(C)O)cc1. The van der Waals surface area contributed by atoms with Crippen molar-refractivity contribution < 1.29 is 18.3 Å². The van der Waals surface area contributed by atoms with Crippen LogP contribution in [0.4, 0.5) is 13.2 Å². The Bertz CT molecular complexity index is 640. The van der Waals surface area contributed by atoms with Gasteiger partial charge in [-0.25, -0.2) is 4.68 Å². The van der Waals surface area contributed by atoms with Crippen LogP contribution >= 0.6 is 0 Å². The third-order valence-corrected chi connectivity index (χ3v) is 3.19. The molecular weight excluding hydrogens is 295 g/mol. The van der Waals surface area contributed by atoms with E-state index in [0.717, 1.165) is 16.3 Å². The van der Waals surface area contributed by atoms with Crippen LogP contribution in [0.3, 0.4) is 0 Å². The number of halogens is 3. The first-order valence-electron chi connectivity index (χ1n) is 6.77. The summed E-state index contributed by atoms with van der Waals surface area (Å²) < 4.78 is 39.8. The zero-order chi connectivity index (χ0) is 16.5. The first kappa shape index (κ1) is 16.5. The Labute approximate surface area is 126 Å². The molecule has 0 amide bonds. The molecule has 0 aliphatic carbocycles. The zero-order valence-electron chi connectivity index (χ0n) is 12.6. The Hall–Kier alpha value is -1.86. The quantitative estimate of drug-likeness (QED) is 0.912. The van der Waals surface area contributed by atoms with Crippen LogP contribution in [0.2, 0.25) is 0 Å². The summed E-state index contributed by atoms with van der Waals surface area (Å²) in [5.41, 5.74) is -0.919. The van der Waals surface area contributed by atoms with Gasteiger partial charge in [-0.3, -0.25) is 0 Å². The van der Waals surface area contributed by atoms with Crippen molar-refractivity contribution in [3.8, 4) is 5.69 Å². The number of hydrogen-bond acceptors (Lipinski definition) is 3. The molecule has 22 heavy (non-hydrogen) atoms. The minimum atomic E-state index is -4.56. The molecule has 0 spiro atoms. The van der Waals surface area contributed by atoms with Crippen molar-refractivity contribution in [2.45, 2.75) is 32.2 Å². The van der Waals surface area contributed by atoms with Crippen LogP contribution < -0.4 is 5.32 Å². The number of aromatic nitrogens is 2. The van der Waals surface area contributed by atoms with Crippen LogP contribution in [0.15, 0.2) is 30.3 Å². The lowest BCUT2D eigenvalue weighted by Gasteiger charge is -2.19. The summed E-state index contributed by atoms with van der Waals surface area (Å²) in [5, 5.41) is 16.7. The van der Waals surface area contributed by atoms with Gasteiger partial charge in [-0.05, 0) is 44.7 Å². The molecule has 120 valence electrons. The Morgan fingerprint density at radius 2 is 1.77 bits per heavy atom. The van der Waals surface area contributed by atoms with Crippen molar-refractivity contribution in [1.82, 2.24) is 15.1 Å². The topological polar surface area (TPSA) is 50.1 Å². The third kappa shape index (κ3) is 3.48. The lowest BCUT2D eigenvalue weighted by molar-refractivity contribution is -0.141. The highest BCUT2D eigenvalue weighted by atomic mass is 19.4. The first-order chi connectivity index (χ1) is 10.1. The molecule has 0 saturated heterocycles. The smallest absolute Gasteiger partial charge is 0.384 e. The maximum absolute atomic E-state index is 12.9. The van der Waals surface area contributed by atoms with E-state index in [2.05, 4.69) is 10.4 Å².